The number of carbonyl (C=O) groups is 3. The van der Waals surface area contributed by atoms with Crippen LogP contribution in [0.5, 0.6) is 0 Å². The number of benzene rings is 1. The maximum absolute atomic E-state index is 12.4. The summed E-state index contributed by atoms with van der Waals surface area (Å²) in [5.74, 6) is -2.34. The van der Waals surface area contributed by atoms with E-state index < -0.39 is 34.5 Å². The van der Waals surface area contributed by atoms with Gasteiger partial charge in [0.25, 0.3) is 23.4 Å². The maximum Gasteiger partial charge on any atom is 0.270 e. The first kappa shape index (κ1) is 15.9. The van der Waals surface area contributed by atoms with E-state index >= 15 is 0 Å². The van der Waals surface area contributed by atoms with Crippen molar-refractivity contribution in [3.8, 4) is 0 Å². The number of imide groups is 1. The van der Waals surface area contributed by atoms with Gasteiger partial charge in [-0.3, -0.25) is 29.9 Å². The van der Waals surface area contributed by atoms with Gasteiger partial charge in [-0.1, -0.05) is 11.6 Å². The van der Waals surface area contributed by atoms with Gasteiger partial charge >= 0.3 is 0 Å². The molecule has 1 fully saturated rings. The molecular formula is C16H15N3O5. The Morgan fingerprint density at radius 3 is 2.46 bits per heavy atom. The molecule has 1 saturated heterocycles. The van der Waals surface area contributed by atoms with Crippen LogP contribution in [0.1, 0.15) is 30.1 Å². The first-order chi connectivity index (χ1) is 11.4. The van der Waals surface area contributed by atoms with E-state index in [9.17, 15) is 24.5 Å². The summed E-state index contributed by atoms with van der Waals surface area (Å²) in [7, 11) is 0. The van der Waals surface area contributed by atoms with Crippen molar-refractivity contribution in [3.05, 3.63) is 51.6 Å². The SMILES string of the molecule is CC1=CC[C@H]2C(=O)N(NC(=O)c3ccc([N+](=O)[O-])cc3)C(=O)[C@H]2C1. The number of nitro groups is 1. The lowest BCUT2D eigenvalue weighted by Gasteiger charge is -2.18. The number of hydrogen-bond acceptors (Lipinski definition) is 5. The molecule has 124 valence electrons. The molecule has 2 aliphatic rings. The first-order valence-electron chi connectivity index (χ1n) is 7.47. The summed E-state index contributed by atoms with van der Waals surface area (Å²) in [5.41, 5.74) is 3.36. The van der Waals surface area contributed by atoms with E-state index in [1.54, 1.807) is 0 Å². The van der Waals surface area contributed by atoms with Crippen molar-refractivity contribution in [1.29, 1.82) is 0 Å². The van der Waals surface area contributed by atoms with Gasteiger partial charge in [0.05, 0.1) is 16.8 Å². The van der Waals surface area contributed by atoms with Crippen LogP contribution in [0.3, 0.4) is 0 Å². The van der Waals surface area contributed by atoms with Crippen LogP contribution in [0.25, 0.3) is 0 Å². The van der Waals surface area contributed by atoms with Crippen molar-refractivity contribution in [2.24, 2.45) is 11.8 Å². The molecule has 0 spiro atoms. The third kappa shape index (κ3) is 2.66. The lowest BCUT2D eigenvalue weighted by atomic mass is 9.82. The van der Waals surface area contributed by atoms with Gasteiger partial charge in [0.1, 0.15) is 0 Å². The van der Waals surface area contributed by atoms with Crippen molar-refractivity contribution < 1.29 is 19.3 Å². The van der Waals surface area contributed by atoms with Gasteiger partial charge in [0.15, 0.2) is 0 Å². The molecule has 0 bridgehead atoms. The number of carbonyl (C=O) groups excluding carboxylic acids is 3. The van der Waals surface area contributed by atoms with E-state index in [2.05, 4.69) is 5.43 Å². The molecule has 8 nitrogen and oxygen atoms in total. The zero-order chi connectivity index (χ0) is 17.4. The van der Waals surface area contributed by atoms with Crippen LogP contribution in [0.2, 0.25) is 0 Å². The Hall–Kier alpha value is -3.03. The standard InChI is InChI=1S/C16H15N3O5/c1-9-2-7-12-13(8-9)16(22)18(15(12)21)17-14(20)10-3-5-11(6-4-10)19(23)24/h2-6,12-13H,7-8H2,1H3,(H,17,20)/t12-,13+/m1/s1. The number of nitro benzene ring substituents is 1. The molecule has 1 aliphatic heterocycles. The third-order valence-electron chi connectivity index (χ3n) is 4.38. The highest BCUT2D eigenvalue weighted by Crippen LogP contribution is 2.36. The fourth-order valence-electron chi connectivity index (χ4n) is 3.05. The average molecular weight is 329 g/mol. The smallest absolute Gasteiger partial charge is 0.270 e. The Labute approximate surface area is 137 Å². The molecule has 1 heterocycles. The summed E-state index contributed by atoms with van der Waals surface area (Å²) in [5, 5.41) is 11.4. The Morgan fingerprint density at radius 1 is 1.21 bits per heavy atom. The highest BCUT2D eigenvalue weighted by atomic mass is 16.6. The lowest BCUT2D eigenvalue weighted by Crippen LogP contribution is -2.46. The molecule has 0 unspecified atom stereocenters. The number of hydrogen-bond donors (Lipinski definition) is 1. The van der Waals surface area contributed by atoms with Crippen LogP contribution < -0.4 is 5.43 Å². The summed E-state index contributed by atoms with van der Waals surface area (Å²) in [4.78, 5) is 47.0. The second kappa shape index (κ2) is 5.88. The first-order valence-corrected chi connectivity index (χ1v) is 7.47. The Bertz CT molecular complexity index is 768. The van der Waals surface area contributed by atoms with Gasteiger partial charge in [0.2, 0.25) is 0 Å². The van der Waals surface area contributed by atoms with E-state index in [-0.39, 0.29) is 11.3 Å². The summed E-state index contributed by atoms with van der Waals surface area (Å²) in [6, 6.07) is 4.93. The van der Waals surface area contributed by atoms with Crippen LogP contribution in [-0.4, -0.2) is 27.7 Å². The number of nitrogens with zero attached hydrogens (tertiary/aromatic N) is 2. The molecule has 2 atom stereocenters. The monoisotopic (exact) mass is 329 g/mol. The number of nitrogens with one attached hydrogen (secondary N) is 1. The topological polar surface area (TPSA) is 110 Å². The molecule has 3 amide bonds. The summed E-state index contributed by atoms with van der Waals surface area (Å²) >= 11 is 0. The lowest BCUT2D eigenvalue weighted by molar-refractivity contribution is -0.384. The zero-order valence-electron chi connectivity index (χ0n) is 12.9. The quantitative estimate of drug-likeness (QED) is 0.392. The maximum atomic E-state index is 12.4. The molecule has 24 heavy (non-hydrogen) atoms. The molecule has 0 radical (unpaired) electrons. The second-order valence-corrected chi connectivity index (χ2v) is 5.96. The number of allylic oxidation sites excluding steroid dienone is 2. The zero-order valence-corrected chi connectivity index (χ0v) is 12.9. The fraction of sp³-hybridized carbons (Fsp3) is 0.312. The summed E-state index contributed by atoms with van der Waals surface area (Å²) in [6.45, 7) is 1.91. The highest BCUT2D eigenvalue weighted by molar-refractivity contribution is 6.08. The average Bonchev–Trinajstić information content (AvgIpc) is 2.79. The predicted octanol–water partition coefficient (Wildman–Crippen LogP) is 1.58. The minimum atomic E-state index is -0.657. The third-order valence-corrected chi connectivity index (χ3v) is 4.38. The van der Waals surface area contributed by atoms with Crippen molar-refractivity contribution in [2.45, 2.75) is 19.8 Å². The molecule has 1 aromatic carbocycles. The van der Waals surface area contributed by atoms with E-state index in [4.69, 9.17) is 0 Å². The number of hydrazine groups is 1. The number of rotatable bonds is 3. The molecular weight excluding hydrogens is 314 g/mol. The molecule has 1 aromatic rings. The van der Waals surface area contributed by atoms with Crippen LogP contribution in [0.15, 0.2) is 35.9 Å². The highest BCUT2D eigenvalue weighted by Gasteiger charge is 2.49. The van der Waals surface area contributed by atoms with Crippen LogP contribution in [0.4, 0.5) is 5.69 Å². The van der Waals surface area contributed by atoms with Gasteiger partial charge in [-0.05, 0) is 31.9 Å². The van der Waals surface area contributed by atoms with Crippen LogP contribution >= 0.6 is 0 Å². The van der Waals surface area contributed by atoms with Gasteiger partial charge in [-0.25, -0.2) is 0 Å². The van der Waals surface area contributed by atoms with Crippen LogP contribution in [-0.2, 0) is 9.59 Å². The summed E-state index contributed by atoms with van der Waals surface area (Å²) < 4.78 is 0. The minimum Gasteiger partial charge on any atom is -0.272 e. The van der Waals surface area contributed by atoms with Gasteiger partial charge in [0, 0.05) is 17.7 Å². The predicted molar refractivity (Wildman–Crippen MR) is 82.4 cm³/mol. The van der Waals surface area contributed by atoms with Gasteiger partial charge < -0.3 is 0 Å². The number of fused-ring (bicyclic) bond motifs is 1. The van der Waals surface area contributed by atoms with Crippen molar-refractivity contribution >= 4 is 23.4 Å². The Kier molecular flexibility index (Phi) is 3.88. The molecule has 3 rings (SSSR count). The molecule has 8 heteroatoms. The van der Waals surface area contributed by atoms with Crippen LogP contribution in [0, 0.1) is 22.0 Å². The summed E-state index contributed by atoms with van der Waals surface area (Å²) in [6.07, 6.45) is 2.94. The van der Waals surface area contributed by atoms with E-state index in [1.807, 2.05) is 13.0 Å². The van der Waals surface area contributed by atoms with E-state index in [0.29, 0.717) is 12.8 Å². The fourth-order valence-corrected chi connectivity index (χ4v) is 3.05. The molecule has 0 saturated carbocycles. The second-order valence-electron chi connectivity index (χ2n) is 5.96. The normalized spacial score (nSPS) is 22.9. The van der Waals surface area contributed by atoms with Crippen molar-refractivity contribution in [2.75, 3.05) is 0 Å². The largest absolute Gasteiger partial charge is 0.272 e. The van der Waals surface area contributed by atoms with Crippen molar-refractivity contribution in [3.63, 3.8) is 0 Å². The number of amides is 3. The van der Waals surface area contributed by atoms with Gasteiger partial charge in [-0.15, -0.1) is 0 Å². The molecule has 0 aromatic heterocycles. The molecule has 1 aliphatic carbocycles. The Balaban J connectivity index is 1.74. The molecule has 1 N–H and O–H groups in total. The van der Waals surface area contributed by atoms with E-state index in [1.165, 1.54) is 24.3 Å². The van der Waals surface area contributed by atoms with Crippen molar-refractivity contribution in [1.82, 2.24) is 10.4 Å². The van der Waals surface area contributed by atoms with Gasteiger partial charge in [-0.2, -0.15) is 5.01 Å². The number of non-ortho nitro benzene ring substituents is 1. The Morgan fingerprint density at radius 2 is 1.83 bits per heavy atom. The van der Waals surface area contributed by atoms with E-state index in [0.717, 1.165) is 10.6 Å². The minimum absolute atomic E-state index is 0.130.